The number of ether oxygens (including phenoxy) is 1. The van der Waals surface area contributed by atoms with Crippen LogP contribution in [-0.4, -0.2) is 31.3 Å². The molecule has 1 aromatic rings. The lowest BCUT2D eigenvalue weighted by atomic mass is 10.1. The second-order valence-electron chi connectivity index (χ2n) is 6.30. The zero-order valence-electron chi connectivity index (χ0n) is 15.3. The minimum atomic E-state index is -4.30. The molecule has 0 saturated carbocycles. The molecule has 25 heavy (non-hydrogen) atoms. The lowest BCUT2D eigenvalue weighted by Gasteiger charge is -2.20. The molecule has 1 atom stereocenters. The first-order chi connectivity index (χ1) is 11.7. The van der Waals surface area contributed by atoms with Gasteiger partial charge in [-0.1, -0.05) is 38.1 Å². The molecule has 7 heteroatoms. The number of nitrogens with one attached hydrogen (secondary N) is 2. The highest BCUT2D eigenvalue weighted by Crippen LogP contribution is 2.16. The average molecular weight is 359 g/mol. The molecule has 0 aromatic heterocycles. The molecule has 4 nitrogen and oxygen atoms in total. The molecule has 0 bridgehead atoms. The Morgan fingerprint density at radius 2 is 1.88 bits per heavy atom. The number of guanidine groups is 1. The van der Waals surface area contributed by atoms with Gasteiger partial charge in [-0.05, 0) is 30.9 Å². The van der Waals surface area contributed by atoms with Crippen molar-refractivity contribution in [2.45, 2.75) is 53.1 Å². The van der Waals surface area contributed by atoms with Crippen LogP contribution in [0.5, 0.6) is 0 Å². The topological polar surface area (TPSA) is 45.7 Å². The molecule has 0 radical (unpaired) electrons. The second kappa shape index (κ2) is 10.3. The largest absolute Gasteiger partial charge is 0.411 e. The van der Waals surface area contributed by atoms with Crippen LogP contribution in [0.25, 0.3) is 0 Å². The highest BCUT2D eigenvalue weighted by atomic mass is 19.4. The van der Waals surface area contributed by atoms with Gasteiger partial charge in [0.05, 0.1) is 13.2 Å². The van der Waals surface area contributed by atoms with Crippen LogP contribution in [0.3, 0.4) is 0 Å². The molecule has 1 aromatic carbocycles. The van der Waals surface area contributed by atoms with E-state index < -0.39 is 12.8 Å². The van der Waals surface area contributed by atoms with Crippen molar-refractivity contribution in [2.24, 2.45) is 10.9 Å². The Hall–Kier alpha value is -1.76. The van der Waals surface area contributed by atoms with Crippen LogP contribution < -0.4 is 10.6 Å². The second-order valence-corrected chi connectivity index (χ2v) is 6.30. The van der Waals surface area contributed by atoms with Crippen LogP contribution in [0.4, 0.5) is 13.2 Å². The SMILES string of the molecule is CCNC(=NCc1cccc(COCC(F)(F)F)c1)NC(C)C(C)C. The maximum atomic E-state index is 12.1. The van der Waals surface area contributed by atoms with Crippen LogP contribution in [0.2, 0.25) is 0 Å². The van der Waals surface area contributed by atoms with E-state index in [0.717, 1.165) is 18.1 Å². The normalized spacial score (nSPS) is 13.8. The third-order valence-electron chi connectivity index (χ3n) is 3.65. The number of nitrogens with zero attached hydrogens (tertiary/aromatic N) is 1. The Morgan fingerprint density at radius 3 is 2.48 bits per heavy atom. The van der Waals surface area contributed by atoms with Crippen molar-refractivity contribution in [2.75, 3.05) is 13.2 Å². The van der Waals surface area contributed by atoms with Crippen molar-refractivity contribution < 1.29 is 17.9 Å². The summed E-state index contributed by atoms with van der Waals surface area (Å²) in [6.07, 6.45) is -4.30. The van der Waals surface area contributed by atoms with Crippen LogP contribution in [0.15, 0.2) is 29.3 Å². The van der Waals surface area contributed by atoms with Gasteiger partial charge in [0.2, 0.25) is 0 Å². The van der Waals surface area contributed by atoms with Crippen LogP contribution in [0.1, 0.15) is 38.8 Å². The summed E-state index contributed by atoms with van der Waals surface area (Å²) in [6.45, 7) is 8.23. The average Bonchev–Trinajstić information content (AvgIpc) is 2.52. The Morgan fingerprint density at radius 1 is 1.20 bits per heavy atom. The Labute approximate surface area is 147 Å². The summed E-state index contributed by atoms with van der Waals surface area (Å²) in [7, 11) is 0. The zero-order chi connectivity index (χ0) is 18.9. The lowest BCUT2D eigenvalue weighted by molar-refractivity contribution is -0.176. The van der Waals surface area contributed by atoms with Gasteiger partial charge in [0, 0.05) is 12.6 Å². The summed E-state index contributed by atoms with van der Waals surface area (Å²) in [6, 6.07) is 7.53. The van der Waals surface area contributed by atoms with Crippen molar-refractivity contribution in [1.82, 2.24) is 10.6 Å². The van der Waals surface area contributed by atoms with E-state index in [9.17, 15) is 13.2 Å². The van der Waals surface area contributed by atoms with Crippen molar-refractivity contribution >= 4 is 5.96 Å². The van der Waals surface area contributed by atoms with E-state index in [2.05, 4.69) is 36.4 Å². The Bertz CT molecular complexity index is 545. The first kappa shape index (κ1) is 21.3. The van der Waals surface area contributed by atoms with Gasteiger partial charge in [0.1, 0.15) is 6.61 Å². The summed E-state index contributed by atoms with van der Waals surface area (Å²) in [4.78, 5) is 4.54. The number of hydrogen-bond acceptors (Lipinski definition) is 2. The molecule has 1 rings (SSSR count). The number of halogens is 3. The van der Waals surface area contributed by atoms with Gasteiger partial charge in [0.25, 0.3) is 0 Å². The van der Waals surface area contributed by atoms with Crippen molar-refractivity contribution in [3.63, 3.8) is 0 Å². The molecule has 0 fully saturated rings. The van der Waals surface area contributed by atoms with E-state index in [1.54, 1.807) is 12.1 Å². The molecule has 0 aliphatic heterocycles. The number of rotatable bonds is 8. The van der Waals surface area contributed by atoms with Crippen molar-refractivity contribution in [1.29, 1.82) is 0 Å². The molecule has 0 spiro atoms. The third-order valence-corrected chi connectivity index (χ3v) is 3.65. The summed E-state index contributed by atoms with van der Waals surface area (Å²) >= 11 is 0. The maximum Gasteiger partial charge on any atom is 0.411 e. The molecular weight excluding hydrogens is 331 g/mol. The Kier molecular flexibility index (Phi) is 8.75. The number of benzene rings is 1. The predicted octanol–water partition coefficient (Wildman–Crippen LogP) is 3.87. The van der Waals surface area contributed by atoms with E-state index in [-0.39, 0.29) is 12.6 Å². The van der Waals surface area contributed by atoms with E-state index in [1.807, 2.05) is 19.1 Å². The molecule has 142 valence electrons. The summed E-state index contributed by atoms with van der Waals surface area (Å²) < 4.78 is 41.1. The number of hydrogen-bond donors (Lipinski definition) is 2. The van der Waals surface area contributed by atoms with Gasteiger partial charge in [-0.25, -0.2) is 4.99 Å². The highest BCUT2D eigenvalue weighted by Gasteiger charge is 2.27. The first-order valence-corrected chi connectivity index (χ1v) is 8.48. The Balaban J connectivity index is 2.65. The molecule has 2 N–H and O–H groups in total. The van der Waals surface area contributed by atoms with Crippen molar-refractivity contribution in [3.8, 4) is 0 Å². The van der Waals surface area contributed by atoms with Crippen LogP contribution in [0, 0.1) is 5.92 Å². The number of alkyl halides is 3. The summed E-state index contributed by atoms with van der Waals surface area (Å²) in [5.41, 5.74) is 1.62. The monoisotopic (exact) mass is 359 g/mol. The molecule has 0 aliphatic rings. The fourth-order valence-corrected chi connectivity index (χ4v) is 1.98. The van der Waals surface area contributed by atoms with Gasteiger partial charge in [0.15, 0.2) is 5.96 Å². The van der Waals surface area contributed by atoms with E-state index in [1.165, 1.54) is 0 Å². The highest BCUT2D eigenvalue weighted by molar-refractivity contribution is 5.80. The smallest absolute Gasteiger partial charge is 0.367 e. The minimum absolute atomic E-state index is 0.0697. The fraction of sp³-hybridized carbons (Fsp3) is 0.611. The molecule has 1 unspecified atom stereocenters. The predicted molar refractivity (Wildman–Crippen MR) is 94.4 cm³/mol. The van der Waals surface area contributed by atoms with Gasteiger partial charge in [-0.2, -0.15) is 13.2 Å². The number of aliphatic imine (C=N–C) groups is 1. The molecular formula is C18H28F3N3O. The van der Waals surface area contributed by atoms with Crippen molar-refractivity contribution in [3.05, 3.63) is 35.4 Å². The van der Waals surface area contributed by atoms with E-state index in [4.69, 9.17) is 4.74 Å². The molecule has 0 saturated heterocycles. The molecule has 0 amide bonds. The summed E-state index contributed by atoms with van der Waals surface area (Å²) in [5.74, 6) is 1.19. The van der Waals surface area contributed by atoms with Crippen LogP contribution >= 0.6 is 0 Å². The molecule has 0 aliphatic carbocycles. The quantitative estimate of drug-likeness (QED) is 0.547. The standard InChI is InChI=1S/C18H28F3N3O/c1-5-22-17(24-14(4)13(2)3)23-10-15-7-6-8-16(9-15)11-25-12-18(19,20)21/h6-9,13-14H,5,10-12H2,1-4H3,(H2,22,23,24). The fourth-order valence-electron chi connectivity index (χ4n) is 1.98. The molecule has 0 heterocycles. The van der Waals surface area contributed by atoms with Gasteiger partial charge < -0.3 is 15.4 Å². The first-order valence-electron chi connectivity index (χ1n) is 8.48. The minimum Gasteiger partial charge on any atom is -0.367 e. The van der Waals surface area contributed by atoms with E-state index in [0.29, 0.717) is 18.0 Å². The third kappa shape index (κ3) is 9.34. The maximum absolute atomic E-state index is 12.1. The van der Waals surface area contributed by atoms with E-state index >= 15 is 0 Å². The van der Waals surface area contributed by atoms with Gasteiger partial charge >= 0.3 is 6.18 Å². The van der Waals surface area contributed by atoms with Gasteiger partial charge in [-0.3, -0.25) is 0 Å². The van der Waals surface area contributed by atoms with Gasteiger partial charge in [-0.15, -0.1) is 0 Å². The summed E-state index contributed by atoms with van der Waals surface area (Å²) in [5, 5.41) is 6.54. The lowest BCUT2D eigenvalue weighted by Crippen LogP contribution is -2.44. The van der Waals surface area contributed by atoms with Crippen LogP contribution in [-0.2, 0) is 17.9 Å². The zero-order valence-corrected chi connectivity index (χ0v) is 15.3.